The predicted molar refractivity (Wildman–Crippen MR) is 80.8 cm³/mol. The summed E-state index contributed by atoms with van der Waals surface area (Å²) in [6.07, 6.45) is 4.73. The number of amides is 1. The number of carbonyl (C=O) groups is 2. The highest BCUT2D eigenvalue weighted by molar-refractivity contribution is 5.95. The summed E-state index contributed by atoms with van der Waals surface area (Å²) < 4.78 is 10.0. The molecule has 5 nitrogen and oxygen atoms in total. The van der Waals surface area contributed by atoms with Crippen LogP contribution in [-0.2, 0) is 22.4 Å². The van der Waals surface area contributed by atoms with Gasteiger partial charge in [0.1, 0.15) is 11.3 Å². The van der Waals surface area contributed by atoms with E-state index in [1.165, 1.54) is 23.5 Å². The number of anilines is 1. The van der Waals surface area contributed by atoms with Gasteiger partial charge in [0.05, 0.1) is 6.26 Å². The molecule has 0 atom stereocenters. The van der Waals surface area contributed by atoms with Gasteiger partial charge in [-0.25, -0.2) is 4.79 Å². The average molecular weight is 299 g/mol. The summed E-state index contributed by atoms with van der Waals surface area (Å²) in [5.74, 6) is -0.438. The van der Waals surface area contributed by atoms with Crippen LogP contribution in [0.3, 0.4) is 0 Å². The number of nitrogens with one attached hydrogen (secondary N) is 1. The Morgan fingerprint density at radius 1 is 1.23 bits per heavy atom. The van der Waals surface area contributed by atoms with Gasteiger partial charge >= 0.3 is 5.97 Å². The zero-order chi connectivity index (χ0) is 15.5. The van der Waals surface area contributed by atoms with Crippen LogP contribution in [0.25, 0.3) is 0 Å². The average Bonchev–Trinajstić information content (AvgIpc) is 3.12. The first-order chi connectivity index (χ1) is 10.6. The van der Waals surface area contributed by atoms with Crippen LogP contribution in [0.2, 0.25) is 0 Å². The SMILES string of the molecule is Cc1occc1C(=O)OCC(=O)Nc1ccc2c(c1)CCC2. The number of ether oxygens (including phenoxy) is 1. The molecule has 1 amide bonds. The maximum absolute atomic E-state index is 11.9. The van der Waals surface area contributed by atoms with E-state index in [2.05, 4.69) is 5.32 Å². The molecular weight excluding hydrogens is 282 g/mol. The molecule has 3 rings (SSSR count). The molecule has 1 aromatic carbocycles. The van der Waals surface area contributed by atoms with Gasteiger partial charge in [0.15, 0.2) is 6.61 Å². The molecule has 1 aromatic heterocycles. The zero-order valence-corrected chi connectivity index (χ0v) is 12.3. The van der Waals surface area contributed by atoms with E-state index in [4.69, 9.17) is 9.15 Å². The lowest BCUT2D eigenvalue weighted by Gasteiger charge is -2.08. The van der Waals surface area contributed by atoms with Gasteiger partial charge in [0.25, 0.3) is 5.91 Å². The molecule has 0 aliphatic heterocycles. The van der Waals surface area contributed by atoms with E-state index in [0.717, 1.165) is 24.9 Å². The number of hydrogen-bond acceptors (Lipinski definition) is 4. The number of furan rings is 1. The Balaban J connectivity index is 1.54. The van der Waals surface area contributed by atoms with Gasteiger partial charge in [-0.2, -0.15) is 0 Å². The molecule has 1 N–H and O–H groups in total. The first kappa shape index (κ1) is 14.4. The van der Waals surface area contributed by atoms with Crippen molar-refractivity contribution in [2.75, 3.05) is 11.9 Å². The van der Waals surface area contributed by atoms with Crippen molar-refractivity contribution in [3.63, 3.8) is 0 Å². The largest absolute Gasteiger partial charge is 0.469 e. The lowest BCUT2D eigenvalue weighted by Crippen LogP contribution is -2.21. The van der Waals surface area contributed by atoms with Crippen molar-refractivity contribution in [1.29, 1.82) is 0 Å². The van der Waals surface area contributed by atoms with Gasteiger partial charge in [-0.3, -0.25) is 4.79 Å². The standard InChI is InChI=1S/C17H17NO4/c1-11-15(7-8-21-11)17(20)22-10-16(19)18-14-6-5-12-3-2-4-13(12)9-14/h5-9H,2-4,10H2,1H3,(H,18,19). The summed E-state index contributed by atoms with van der Waals surface area (Å²) >= 11 is 0. The van der Waals surface area contributed by atoms with Crippen molar-refractivity contribution in [3.8, 4) is 0 Å². The van der Waals surface area contributed by atoms with Gasteiger partial charge in [-0.1, -0.05) is 6.07 Å². The highest BCUT2D eigenvalue weighted by Gasteiger charge is 2.15. The van der Waals surface area contributed by atoms with E-state index >= 15 is 0 Å². The zero-order valence-electron chi connectivity index (χ0n) is 12.3. The minimum absolute atomic E-state index is 0.319. The van der Waals surface area contributed by atoms with Crippen molar-refractivity contribution in [2.24, 2.45) is 0 Å². The van der Waals surface area contributed by atoms with Crippen LogP contribution in [0.4, 0.5) is 5.69 Å². The minimum Gasteiger partial charge on any atom is -0.469 e. The van der Waals surface area contributed by atoms with Crippen LogP contribution >= 0.6 is 0 Å². The minimum atomic E-state index is -0.560. The molecule has 114 valence electrons. The first-order valence-corrected chi connectivity index (χ1v) is 7.26. The molecule has 0 spiro atoms. The van der Waals surface area contributed by atoms with Crippen molar-refractivity contribution in [2.45, 2.75) is 26.2 Å². The third-order valence-corrected chi connectivity index (χ3v) is 3.80. The molecule has 0 saturated carbocycles. The monoisotopic (exact) mass is 299 g/mol. The van der Waals surface area contributed by atoms with Crippen molar-refractivity contribution in [3.05, 3.63) is 53.0 Å². The van der Waals surface area contributed by atoms with E-state index in [0.29, 0.717) is 11.3 Å². The van der Waals surface area contributed by atoms with Crippen LogP contribution in [-0.4, -0.2) is 18.5 Å². The summed E-state index contributed by atoms with van der Waals surface area (Å²) in [6.45, 7) is 1.35. The maximum atomic E-state index is 11.9. The van der Waals surface area contributed by atoms with Crippen LogP contribution in [0.1, 0.15) is 33.7 Å². The third kappa shape index (κ3) is 3.03. The Hall–Kier alpha value is -2.56. The van der Waals surface area contributed by atoms with Gasteiger partial charge < -0.3 is 14.5 Å². The normalized spacial score (nSPS) is 12.8. The summed E-state index contributed by atoms with van der Waals surface area (Å²) in [7, 11) is 0. The van der Waals surface area contributed by atoms with Crippen LogP contribution in [0.15, 0.2) is 34.9 Å². The number of benzene rings is 1. The fourth-order valence-corrected chi connectivity index (χ4v) is 2.65. The van der Waals surface area contributed by atoms with Crippen molar-refractivity contribution in [1.82, 2.24) is 0 Å². The molecule has 22 heavy (non-hydrogen) atoms. The van der Waals surface area contributed by atoms with E-state index in [1.807, 2.05) is 18.2 Å². The molecule has 0 radical (unpaired) electrons. The summed E-state index contributed by atoms with van der Waals surface area (Å²) in [5.41, 5.74) is 3.70. The van der Waals surface area contributed by atoms with Gasteiger partial charge in [0.2, 0.25) is 0 Å². The number of rotatable bonds is 4. The van der Waals surface area contributed by atoms with Gasteiger partial charge in [-0.05, 0) is 55.5 Å². The smallest absolute Gasteiger partial charge is 0.342 e. The molecule has 0 saturated heterocycles. The van der Waals surface area contributed by atoms with Crippen LogP contribution < -0.4 is 5.32 Å². The lowest BCUT2D eigenvalue weighted by atomic mass is 10.1. The first-order valence-electron chi connectivity index (χ1n) is 7.26. The Morgan fingerprint density at radius 3 is 2.82 bits per heavy atom. The topological polar surface area (TPSA) is 68.5 Å². The van der Waals surface area contributed by atoms with E-state index in [1.54, 1.807) is 6.92 Å². The molecule has 0 bridgehead atoms. The quantitative estimate of drug-likeness (QED) is 0.881. The second kappa shape index (κ2) is 6.05. The number of esters is 1. The highest BCUT2D eigenvalue weighted by Crippen LogP contribution is 2.24. The van der Waals surface area contributed by atoms with E-state index in [9.17, 15) is 9.59 Å². The van der Waals surface area contributed by atoms with Crippen molar-refractivity contribution >= 4 is 17.6 Å². The molecule has 0 fully saturated rings. The van der Waals surface area contributed by atoms with Gasteiger partial charge in [0, 0.05) is 5.69 Å². The fraction of sp³-hybridized carbons (Fsp3) is 0.294. The number of aryl methyl sites for hydroxylation is 3. The number of carbonyl (C=O) groups excluding carboxylic acids is 2. The van der Waals surface area contributed by atoms with Crippen LogP contribution in [0, 0.1) is 6.92 Å². The Labute approximate surface area is 128 Å². The summed E-state index contributed by atoms with van der Waals surface area (Å²) in [5, 5.41) is 2.75. The molecule has 1 aliphatic rings. The van der Waals surface area contributed by atoms with Crippen molar-refractivity contribution < 1.29 is 18.7 Å². The second-order valence-electron chi connectivity index (χ2n) is 5.35. The van der Waals surface area contributed by atoms with Crippen LogP contribution in [0.5, 0.6) is 0 Å². The Bertz CT molecular complexity index is 717. The molecule has 5 heteroatoms. The maximum Gasteiger partial charge on any atom is 0.342 e. The third-order valence-electron chi connectivity index (χ3n) is 3.80. The number of fused-ring (bicyclic) bond motifs is 1. The molecule has 1 aliphatic carbocycles. The Kier molecular flexibility index (Phi) is 3.96. The highest BCUT2D eigenvalue weighted by atomic mass is 16.5. The summed E-state index contributed by atoms with van der Waals surface area (Å²) in [6, 6.07) is 7.43. The van der Waals surface area contributed by atoms with E-state index < -0.39 is 5.97 Å². The summed E-state index contributed by atoms with van der Waals surface area (Å²) in [4.78, 5) is 23.6. The Morgan fingerprint density at radius 2 is 2.05 bits per heavy atom. The second-order valence-corrected chi connectivity index (χ2v) is 5.35. The van der Waals surface area contributed by atoms with Gasteiger partial charge in [-0.15, -0.1) is 0 Å². The molecule has 1 heterocycles. The molecular formula is C17H17NO4. The predicted octanol–water partition coefficient (Wildman–Crippen LogP) is 2.87. The van der Waals surface area contributed by atoms with E-state index in [-0.39, 0.29) is 12.5 Å². The lowest BCUT2D eigenvalue weighted by molar-refractivity contribution is -0.119. The molecule has 2 aromatic rings. The molecule has 0 unspecified atom stereocenters. The number of hydrogen-bond donors (Lipinski definition) is 1. The fourth-order valence-electron chi connectivity index (χ4n) is 2.65.